The second-order valence-electron chi connectivity index (χ2n) is 8.22. The monoisotopic (exact) mass is 314 g/mol. The summed E-state index contributed by atoms with van der Waals surface area (Å²) in [4.78, 5) is 12.7. The molecule has 1 aromatic carbocycles. The highest BCUT2D eigenvalue weighted by Gasteiger charge is 2.63. The molecule has 2 saturated carbocycles. The van der Waals surface area contributed by atoms with Crippen LogP contribution in [0.5, 0.6) is 0 Å². The summed E-state index contributed by atoms with van der Waals surface area (Å²) in [5, 5.41) is 0.765. The first-order valence-corrected chi connectivity index (χ1v) is 8.74. The highest BCUT2D eigenvalue weighted by molar-refractivity contribution is 6.30. The Kier molecular flexibility index (Phi) is 2.95. The molecule has 0 aliphatic heterocycles. The second-order valence-corrected chi connectivity index (χ2v) is 8.65. The van der Waals surface area contributed by atoms with Crippen LogP contribution < -0.4 is 0 Å². The van der Waals surface area contributed by atoms with Gasteiger partial charge < -0.3 is 0 Å². The topological polar surface area (TPSA) is 17.1 Å². The molecule has 0 radical (unpaired) electrons. The zero-order chi connectivity index (χ0) is 15.7. The number of hydrogen-bond acceptors (Lipinski definition) is 1. The molecule has 2 heteroatoms. The van der Waals surface area contributed by atoms with Gasteiger partial charge in [-0.1, -0.05) is 62.6 Å². The van der Waals surface area contributed by atoms with E-state index in [0.29, 0.717) is 11.7 Å². The third-order valence-electron chi connectivity index (χ3n) is 6.51. The second kappa shape index (κ2) is 4.47. The Labute approximate surface area is 137 Å². The predicted octanol–water partition coefficient (Wildman–Crippen LogP) is 5.40. The van der Waals surface area contributed by atoms with E-state index in [1.807, 2.05) is 12.1 Å². The normalized spacial score (nSPS) is 38.8. The van der Waals surface area contributed by atoms with Gasteiger partial charge in [-0.25, -0.2) is 0 Å². The standard InChI is InChI=1S/C20H23ClO/c1-19(2)9-4-10-20(3)15(19)11-14-16(17(20)18(14)22)12-5-7-13(21)8-6-12/h5-8,11,14,16-17H,4,9-10H2,1-3H3/t14-,16-,17+,20-/m0/s1. The van der Waals surface area contributed by atoms with Crippen LogP contribution in [0, 0.1) is 22.7 Å². The lowest BCUT2D eigenvalue weighted by Gasteiger charge is -2.61. The molecular formula is C20H23ClO. The summed E-state index contributed by atoms with van der Waals surface area (Å²) >= 11 is 6.02. The van der Waals surface area contributed by atoms with Crippen molar-refractivity contribution in [1.29, 1.82) is 0 Å². The van der Waals surface area contributed by atoms with Crippen LogP contribution in [0.1, 0.15) is 51.5 Å². The van der Waals surface area contributed by atoms with Crippen molar-refractivity contribution in [2.45, 2.75) is 46.0 Å². The van der Waals surface area contributed by atoms with Crippen LogP contribution in [0.3, 0.4) is 0 Å². The van der Waals surface area contributed by atoms with Gasteiger partial charge in [0.05, 0.1) is 0 Å². The van der Waals surface area contributed by atoms with Gasteiger partial charge in [-0.2, -0.15) is 0 Å². The first kappa shape index (κ1) is 14.5. The number of hydrogen-bond donors (Lipinski definition) is 0. The number of carbonyl (C=O) groups is 1. The van der Waals surface area contributed by atoms with Crippen LogP contribution in [0.4, 0.5) is 0 Å². The van der Waals surface area contributed by atoms with E-state index in [2.05, 4.69) is 39.0 Å². The lowest BCUT2D eigenvalue weighted by molar-refractivity contribution is -0.145. The van der Waals surface area contributed by atoms with Crippen LogP contribution in [0.25, 0.3) is 0 Å². The SMILES string of the molecule is CC1(C)CCC[C@@]2(C)C1=C[C@@H]1C(=O)[C@H]2[C@H]1c1ccc(Cl)cc1. The summed E-state index contributed by atoms with van der Waals surface area (Å²) in [6, 6.07) is 8.12. The molecular weight excluding hydrogens is 292 g/mol. The van der Waals surface area contributed by atoms with Crippen molar-refractivity contribution in [1.82, 2.24) is 0 Å². The average molecular weight is 315 g/mol. The molecule has 0 N–H and O–H groups in total. The zero-order valence-electron chi connectivity index (χ0n) is 13.5. The fourth-order valence-electron chi connectivity index (χ4n) is 5.49. The molecule has 4 atom stereocenters. The Morgan fingerprint density at radius 2 is 1.77 bits per heavy atom. The first-order valence-electron chi connectivity index (χ1n) is 8.36. The van der Waals surface area contributed by atoms with Gasteiger partial charge in [0.2, 0.25) is 0 Å². The number of benzene rings is 1. The molecule has 5 rings (SSSR count). The molecule has 1 aromatic rings. The summed E-state index contributed by atoms with van der Waals surface area (Å²) in [5.41, 5.74) is 3.12. The lowest BCUT2D eigenvalue weighted by atomic mass is 9.41. The Hall–Kier alpha value is -1.08. The molecule has 116 valence electrons. The van der Waals surface area contributed by atoms with Gasteiger partial charge in [-0.15, -0.1) is 0 Å². The summed E-state index contributed by atoms with van der Waals surface area (Å²) in [6.45, 7) is 7.03. The average Bonchev–Trinajstić information content (AvgIpc) is 2.45. The zero-order valence-corrected chi connectivity index (χ0v) is 14.3. The number of rotatable bonds is 1. The highest BCUT2D eigenvalue weighted by atomic mass is 35.5. The number of halogens is 1. The molecule has 0 amide bonds. The third kappa shape index (κ3) is 1.75. The van der Waals surface area contributed by atoms with Gasteiger partial charge >= 0.3 is 0 Å². The minimum absolute atomic E-state index is 0.0535. The fourth-order valence-corrected chi connectivity index (χ4v) is 5.62. The Morgan fingerprint density at radius 3 is 2.45 bits per heavy atom. The largest absolute Gasteiger partial charge is 0.299 e. The van der Waals surface area contributed by atoms with E-state index in [0.717, 1.165) is 11.4 Å². The highest BCUT2D eigenvalue weighted by Crippen LogP contribution is 2.67. The minimum atomic E-state index is 0.0535. The molecule has 0 unspecified atom stereocenters. The fraction of sp³-hybridized carbons (Fsp3) is 0.550. The number of Topliss-reactive ketones (excluding diaryl/α,β-unsaturated/α-hetero) is 1. The Bertz CT molecular complexity index is 669. The smallest absolute Gasteiger partial charge is 0.144 e. The third-order valence-corrected chi connectivity index (χ3v) is 6.76. The van der Waals surface area contributed by atoms with Crippen LogP contribution in [0.2, 0.25) is 5.02 Å². The van der Waals surface area contributed by atoms with Gasteiger partial charge in [-0.3, -0.25) is 4.79 Å². The van der Waals surface area contributed by atoms with Crippen molar-refractivity contribution in [3.63, 3.8) is 0 Å². The molecule has 0 aromatic heterocycles. The Morgan fingerprint density at radius 1 is 1.09 bits per heavy atom. The Balaban J connectivity index is 1.80. The summed E-state index contributed by atoms with van der Waals surface area (Å²) in [7, 11) is 0. The summed E-state index contributed by atoms with van der Waals surface area (Å²) < 4.78 is 0. The maximum atomic E-state index is 12.7. The van der Waals surface area contributed by atoms with Crippen molar-refractivity contribution in [3.8, 4) is 0 Å². The van der Waals surface area contributed by atoms with E-state index in [1.165, 1.54) is 18.4 Å². The lowest BCUT2D eigenvalue weighted by Crippen LogP contribution is -2.59. The molecule has 4 aliphatic carbocycles. The van der Waals surface area contributed by atoms with Crippen LogP contribution in [-0.2, 0) is 4.79 Å². The van der Waals surface area contributed by atoms with Crippen LogP contribution >= 0.6 is 11.6 Å². The van der Waals surface area contributed by atoms with Crippen LogP contribution in [-0.4, -0.2) is 5.78 Å². The van der Waals surface area contributed by atoms with Gasteiger partial charge in [0.1, 0.15) is 5.78 Å². The maximum absolute atomic E-state index is 12.7. The molecule has 22 heavy (non-hydrogen) atoms. The van der Waals surface area contributed by atoms with E-state index in [-0.39, 0.29) is 22.7 Å². The molecule has 2 fully saturated rings. The van der Waals surface area contributed by atoms with E-state index in [1.54, 1.807) is 5.57 Å². The maximum Gasteiger partial charge on any atom is 0.144 e. The van der Waals surface area contributed by atoms with Gasteiger partial charge in [0.15, 0.2) is 0 Å². The van der Waals surface area contributed by atoms with Gasteiger partial charge in [0.25, 0.3) is 0 Å². The number of allylic oxidation sites excluding steroid dienone is 2. The molecule has 2 bridgehead atoms. The predicted molar refractivity (Wildman–Crippen MR) is 90.0 cm³/mol. The molecule has 4 aliphatic rings. The van der Waals surface area contributed by atoms with Crippen molar-refractivity contribution < 1.29 is 4.79 Å². The number of ketones is 1. The van der Waals surface area contributed by atoms with Crippen LogP contribution in [0.15, 0.2) is 35.9 Å². The molecule has 1 nitrogen and oxygen atoms in total. The van der Waals surface area contributed by atoms with Crippen molar-refractivity contribution in [3.05, 3.63) is 46.5 Å². The first-order chi connectivity index (χ1) is 10.3. The van der Waals surface area contributed by atoms with E-state index in [4.69, 9.17) is 11.6 Å². The molecule has 0 saturated heterocycles. The number of carbonyl (C=O) groups excluding carboxylic acids is 1. The van der Waals surface area contributed by atoms with E-state index in [9.17, 15) is 4.79 Å². The van der Waals surface area contributed by atoms with Gasteiger partial charge in [-0.05, 0) is 41.4 Å². The van der Waals surface area contributed by atoms with Crippen molar-refractivity contribution >= 4 is 17.4 Å². The van der Waals surface area contributed by atoms with Crippen molar-refractivity contribution in [2.24, 2.45) is 22.7 Å². The quantitative estimate of drug-likeness (QED) is 0.635. The summed E-state index contributed by atoms with van der Waals surface area (Å²) in [5.74, 6) is 1.07. The minimum Gasteiger partial charge on any atom is -0.299 e. The molecule has 0 spiro atoms. The summed E-state index contributed by atoms with van der Waals surface area (Å²) in [6.07, 6.45) is 5.95. The van der Waals surface area contributed by atoms with Gasteiger partial charge in [0, 0.05) is 22.8 Å². The van der Waals surface area contributed by atoms with Crippen molar-refractivity contribution in [2.75, 3.05) is 0 Å². The van der Waals surface area contributed by atoms with E-state index < -0.39 is 0 Å². The molecule has 0 heterocycles. The van der Waals surface area contributed by atoms with E-state index >= 15 is 0 Å².